The van der Waals surface area contributed by atoms with Crippen LogP contribution in [0.4, 0.5) is 0 Å². The van der Waals surface area contributed by atoms with Crippen LogP contribution in [0.1, 0.15) is 29.3 Å². The van der Waals surface area contributed by atoms with Gasteiger partial charge in [-0.1, -0.05) is 42.8 Å². The molecule has 0 unspecified atom stereocenters. The van der Waals surface area contributed by atoms with Gasteiger partial charge in [0.05, 0.1) is 5.56 Å². The van der Waals surface area contributed by atoms with Crippen molar-refractivity contribution in [1.82, 2.24) is 9.80 Å². The second kappa shape index (κ2) is 9.71. The molecule has 6 heteroatoms. The van der Waals surface area contributed by atoms with E-state index in [1.165, 1.54) is 5.56 Å². The predicted molar refractivity (Wildman–Crippen MR) is 110 cm³/mol. The first kappa shape index (κ1) is 20.4. The quantitative estimate of drug-likeness (QED) is 0.665. The highest BCUT2D eigenvalue weighted by Crippen LogP contribution is 2.20. The first-order chi connectivity index (χ1) is 13.6. The Balaban J connectivity index is 1.48. The zero-order valence-corrected chi connectivity index (χ0v) is 16.8. The number of ether oxygens (including phenoxy) is 1. The van der Waals surface area contributed by atoms with Crippen molar-refractivity contribution in [3.05, 3.63) is 64.7 Å². The third-order valence-corrected chi connectivity index (χ3v) is 5.16. The largest absolute Gasteiger partial charge is 0.483 e. The van der Waals surface area contributed by atoms with Crippen molar-refractivity contribution in [2.24, 2.45) is 0 Å². The first-order valence-electron chi connectivity index (χ1n) is 9.56. The molecule has 148 valence electrons. The summed E-state index contributed by atoms with van der Waals surface area (Å²) in [7, 11) is 0. The normalized spacial score (nSPS) is 14.7. The Morgan fingerprint density at radius 3 is 2.36 bits per heavy atom. The Morgan fingerprint density at radius 1 is 1.00 bits per heavy atom. The van der Waals surface area contributed by atoms with E-state index < -0.39 is 0 Å². The van der Waals surface area contributed by atoms with Gasteiger partial charge in [-0.3, -0.25) is 14.5 Å². The van der Waals surface area contributed by atoms with Crippen LogP contribution in [0.25, 0.3) is 0 Å². The molecule has 1 aliphatic rings. The Bertz CT molecular complexity index is 815. The highest BCUT2D eigenvalue weighted by Gasteiger charge is 2.22. The molecule has 0 aromatic heterocycles. The summed E-state index contributed by atoms with van der Waals surface area (Å²) in [5, 5.41) is 0.737. The van der Waals surface area contributed by atoms with Crippen molar-refractivity contribution in [2.45, 2.75) is 19.9 Å². The van der Waals surface area contributed by atoms with E-state index in [1.54, 1.807) is 18.2 Å². The van der Waals surface area contributed by atoms with Crippen molar-refractivity contribution in [1.29, 1.82) is 0 Å². The molecule has 0 radical (unpaired) electrons. The molecular weight excluding hydrogens is 376 g/mol. The highest BCUT2D eigenvalue weighted by atomic mass is 35.5. The molecule has 1 saturated heterocycles. The summed E-state index contributed by atoms with van der Waals surface area (Å²) < 4.78 is 5.67. The lowest BCUT2D eigenvalue weighted by Gasteiger charge is -2.34. The third kappa shape index (κ3) is 5.33. The van der Waals surface area contributed by atoms with Gasteiger partial charge < -0.3 is 9.64 Å². The molecule has 2 aromatic rings. The topological polar surface area (TPSA) is 49.9 Å². The molecule has 0 aliphatic carbocycles. The SMILES string of the molecule is CCC(=O)c1ccccc1OCC(=O)N1CCN(Cc2ccc(Cl)cc2)CC1. The summed E-state index contributed by atoms with van der Waals surface area (Å²) in [6, 6.07) is 14.9. The molecule has 0 N–H and O–H groups in total. The molecule has 1 amide bonds. The van der Waals surface area contributed by atoms with Gasteiger partial charge in [-0.15, -0.1) is 0 Å². The number of carbonyl (C=O) groups is 2. The first-order valence-corrected chi connectivity index (χ1v) is 9.94. The van der Waals surface area contributed by atoms with Crippen molar-refractivity contribution in [3.8, 4) is 5.75 Å². The number of hydrogen-bond acceptors (Lipinski definition) is 4. The monoisotopic (exact) mass is 400 g/mol. The van der Waals surface area contributed by atoms with Gasteiger partial charge in [-0.05, 0) is 29.8 Å². The zero-order valence-electron chi connectivity index (χ0n) is 16.1. The van der Waals surface area contributed by atoms with E-state index in [0.717, 1.165) is 24.7 Å². The van der Waals surface area contributed by atoms with Crippen molar-refractivity contribution < 1.29 is 14.3 Å². The minimum atomic E-state index is -0.0510. The maximum absolute atomic E-state index is 12.5. The van der Waals surface area contributed by atoms with Crippen LogP contribution in [-0.4, -0.2) is 54.3 Å². The van der Waals surface area contributed by atoms with E-state index in [0.29, 0.717) is 30.8 Å². The molecule has 2 aromatic carbocycles. The van der Waals surface area contributed by atoms with Crippen LogP contribution in [0.3, 0.4) is 0 Å². The van der Waals surface area contributed by atoms with Crippen molar-refractivity contribution in [3.63, 3.8) is 0 Å². The van der Waals surface area contributed by atoms with Gasteiger partial charge in [-0.2, -0.15) is 0 Å². The predicted octanol–water partition coefficient (Wildman–Crippen LogP) is 3.66. The molecule has 3 rings (SSSR count). The van der Waals surface area contributed by atoms with Gasteiger partial charge in [0.25, 0.3) is 5.91 Å². The number of piperazine rings is 1. The smallest absolute Gasteiger partial charge is 0.260 e. The van der Waals surface area contributed by atoms with Gasteiger partial charge in [-0.25, -0.2) is 0 Å². The van der Waals surface area contributed by atoms with Gasteiger partial charge in [0.1, 0.15) is 5.75 Å². The Labute approximate surface area is 170 Å². The lowest BCUT2D eigenvalue weighted by Crippen LogP contribution is -2.49. The number of rotatable bonds is 7. The number of amides is 1. The van der Waals surface area contributed by atoms with Crippen molar-refractivity contribution >= 4 is 23.3 Å². The summed E-state index contributed by atoms with van der Waals surface area (Å²) in [6.45, 7) is 5.59. The summed E-state index contributed by atoms with van der Waals surface area (Å²) in [4.78, 5) is 28.6. The maximum atomic E-state index is 12.5. The fourth-order valence-corrected chi connectivity index (χ4v) is 3.37. The van der Waals surface area contributed by atoms with Crippen LogP contribution in [0.5, 0.6) is 5.75 Å². The zero-order chi connectivity index (χ0) is 19.9. The number of ketones is 1. The fourth-order valence-electron chi connectivity index (χ4n) is 3.25. The van der Waals surface area contributed by atoms with Crippen LogP contribution in [0.15, 0.2) is 48.5 Å². The molecular formula is C22H25ClN2O3. The molecule has 0 spiro atoms. The number of hydrogen-bond donors (Lipinski definition) is 0. The van der Waals surface area contributed by atoms with Crippen LogP contribution >= 0.6 is 11.6 Å². The minimum absolute atomic E-state index is 0.0128. The second-order valence-electron chi connectivity index (χ2n) is 6.84. The minimum Gasteiger partial charge on any atom is -0.483 e. The Hall–Kier alpha value is -2.37. The Morgan fingerprint density at radius 2 is 1.68 bits per heavy atom. The van der Waals surface area contributed by atoms with E-state index in [9.17, 15) is 9.59 Å². The summed E-state index contributed by atoms with van der Waals surface area (Å²) in [6.07, 6.45) is 0.407. The van der Waals surface area contributed by atoms with Crippen LogP contribution in [0.2, 0.25) is 5.02 Å². The van der Waals surface area contributed by atoms with E-state index >= 15 is 0 Å². The molecule has 0 saturated carbocycles. The standard InChI is InChI=1S/C22H25ClN2O3/c1-2-20(26)19-5-3-4-6-21(19)28-16-22(27)25-13-11-24(12-14-25)15-17-7-9-18(23)10-8-17/h3-10H,2,11-16H2,1H3. The number of halogens is 1. The van der Waals surface area contributed by atoms with E-state index in [-0.39, 0.29) is 18.3 Å². The van der Waals surface area contributed by atoms with Gasteiger partial charge >= 0.3 is 0 Å². The fraction of sp³-hybridized carbons (Fsp3) is 0.364. The van der Waals surface area contributed by atoms with E-state index in [2.05, 4.69) is 4.90 Å². The second-order valence-corrected chi connectivity index (χ2v) is 7.28. The van der Waals surface area contributed by atoms with Gasteiger partial charge in [0.15, 0.2) is 12.4 Å². The number of para-hydroxylation sites is 1. The van der Waals surface area contributed by atoms with Crippen LogP contribution in [0, 0.1) is 0 Å². The van der Waals surface area contributed by atoms with E-state index in [1.807, 2.05) is 42.2 Å². The molecule has 0 bridgehead atoms. The van der Waals surface area contributed by atoms with Crippen LogP contribution in [-0.2, 0) is 11.3 Å². The molecule has 1 heterocycles. The van der Waals surface area contributed by atoms with Gasteiger partial charge in [0.2, 0.25) is 0 Å². The van der Waals surface area contributed by atoms with Crippen LogP contribution < -0.4 is 4.74 Å². The number of Topliss-reactive ketones (excluding diaryl/α,β-unsaturated/α-hetero) is 1. The average Bonchev–Trinajstić information content (AvgIpc) is 2.74. The molecule has 28 heavy (non-hydrogen) atoms. The van der Waals surface area contributed by atoms with Crippen molar-refractivity contribution in [2.75, 3.05) is 32.8 Å². The summed E-state index contributed by atoms with van der Waals surface area (Å²) in [5.41, 5.74) is 1.75. The van der Waals surface area contributed by atoms with Gasteiger partial charge in [0, 0.05) is 44.2 Å². The average molecular weight is 401 g/mol. The number of nitrogens with zero attached hydrogens (tertiary/aromatic N) is 2. The molecule has 0 atom stereocenters. The van der Waals surface area contributed by atoms with E-state index in [4.69, 9.17) is 16.3 Å². The molecule has 1 aliphatic heterocycles. The summed E-state index contributed by atoms with van der Waals surface area (Å²) in [5.74, 6) is 0.438. The molecule has 1 fully saturated rings. The number of benzene rings is 2. The lowest BCUT2D eigenvalue weighted by atomic mass is 10.1. The Kier molecular flexibility index (Phi) is 7.06. The summed E-state index contributed by atoms with van der Waals surface area (Å²) >= 11 is 5.93. The highest BCUT2D eigenvalue weighted by molar-refractivity contribution is 6.30. The maximum Gasteiger partial charge on any atom is 0.260 e. The molecule has 5 nitrogen and oxygen atoms in total. The number of carbonyl (C=O) groups excluding carboxylic acids is 2. The third-order valence-electron chi connectivity index (χ3n) is 4.90. The lowest BCUT2D eigenvalue weighted by molar-refractivity contribution is -0.135.